The van der Waals surface area contributed by atoms with Crippen molar-refractivity contribution in [3.05, 3.63) is 67.2 Å². The minimum absolute atomic E-state index is 0.0266. The minimum Gasteiger partial charge on any atom is -0.293 e. The topological polar surface area (TPSA) is 51.2 Å². The zero-order valence-corrected chi connectivity index (χ0v) is 17.9. The van der Waals surface area contributed by atoms with E-state index in [1.54, 1.807) is 13.8 Å². The monoisotopic (exact) mass is 429 g/mol. The molecular weight excluding hydrogens is 414 g/mol. The molecule has 0 aliphatic carbocycles. The van der Waals surface area contributed by atoms with Crippen molar-refractivity contribution in [2.75, 3.05) is 0 Å². The summed E-state index contributed by atoms with van der Waals surface area (Å²) >= 11 is 18.0. The summed E-state index contributed by atoms with van der Waals surface area (Å²) in [5, 5.41) is 0.423. The van der Waals surface area contributed by atoms with Crippen LogP contribution in [-0.4, -0.2) is 17.0 Å². The maximum atomic E-state index is 12.8. The molecule has 0 saturated carbocycles. The Morgan fingerprint density at radius 2 is 1.35 bits per heavy atom. The molecule has 0 amide bonds. The number of carbonyl (C=O) groups excluding carboxylic acids is 2. The lowest BCUT2D eigenvalue weighted by Crippen LogP contribution is -2.18. The van der Waals surface area contributed by atoms with Gasteiger partial charge < -0.3 is 0 Å². The molecule has 2 aromatic rings. The third-order valence-corrected chi connectivity index (χ3v) is 6.45. The molecule has 2 rings (SSSR count). The van der Waals surface area contributed by atoms with E-state index in [0.717, 1.165) is 16.7 Å². The quantitative estimate of drug-likeness (QED) is 0.387. The molecule has 3 nitrogen and oxygen atoms in total. The van der Waals surface area contributed by atoms with Crippen LogP contribution in [-0.2, 0) is 4.57 Å². The number of Topliss-reactive ketones (excluding diaryl/α,β-unsaturated/α-hetero) is 1. The Morgan fingerprint density at radius 3 is 1.81 bits per heavy atom. The smallest absolute Gasteiger partial charge is 0.243 e. The van der Waals surface area contributed by atoms with E-state index in [2.05, 4.69) is 0 Å². The minimum atomic E-state index is -2.51. The van der Waals surface area contributed by atoms with Crippen LogP contribution in [0.4, 0.5) is 0 Å². The Balaban J connectivity index is 2.39. The molecule has 0 spiro atoms. The molecule has 0 aliphatic rings. The van der Waals surface area contributed by atoms with Gasteiger partial charge in [0.05, 0.1) is 21.3 Å². The van der Waals surface area contributed by atoms with Crippen LogP contribution in [0.1, 0.15) is 44.3 Å². The van der Waals surface area contributed by atoms with E-state index in [1.165, 1.54) is 19.1 Å². The number of ketones is 1. The van der Waals surface area contributed by atoms with Crippen LogP contribution in [0.25, 0.3) is 0 Å². The molecule has 2 atom stereocenters. The van der Waals surface area contributed by atoms with Crippen LogP contribution in [0.2, 0.25) is 15.1 Å². The van der Waals surface area contributed by atoms with Crippen LogP contribution >= 0.6 is 42.6 Å². The van der Waals surface area contributed by atoms with E-state index in [4.69, 9.17) is 34.8 Å². The highest BCUT2D eigenvalue weighted by Gasteiger charge is 2.32. The van der Waals surface area contributed by atoms with Crippen LogP contribution in [0.15, 0.2) is 24.3 Å². The van der Waals surface area contributed by atoms with Crippen molar-refractivity contribution in [3.63, 3.8) is 0 Å². The van der Waals surface area contributed by atoms with Crippen LogP contribution in [0.3, 0.4) is 0 Å². The first-order valence-corrected chi connectivity index (χ1v) is 10.3. The van der Waals surface area contributed by atoms with Gasteiger partial charge in [0.15, 0.2) is 13.6 Å². The number of rotatable bonds is 5. The average Bonchev–Trinajstić information content (AvgIpc) is 2.51. The summed E-state index contributed by atoms with van der Waals surface area (Å²) in [5.41, 5.74) is 1.29. The lowest BCUT2D eigenvalue weighted by Gasteiger charge is -2.14. The van der Waals surface area contributed by atoms with Gasteiger partial charge in [-0.1, -0.05) is 52.5 Å². The van der Waals surface area contributed by atoms with E-state index in [1.807, 2.05) is 19.1 Å². The van der Waals surface area contributed by atoms with Gasteiger partial charge in [-0.3, -0.25) is 14.2 Å². The van der Waals surface area contributed by atoms with Crippen molar-refractivity contribution in [2.45, 2.75) is 33.4 Å². The van der Waals surface area contributed by atoms with Crippen molar-refractivity contribution < 1.29 is 14.2 Å². The molecule has 26 heavy (non-hydrogen) atoms. The Labute approximate surface area is 168 Å². The summed E-state index contributed by atoms with van der Waals surface area (Å²) in [6.45, 7) is 6.94. The van der Waals surface area contributed by atoms with Crippen molar-refractivity contribution in [2.24, 2.45) is 0 Å². The number of carbonyl (C=O) groups is 2. The third kappa shape index (κ3) is 4.18. The summed E-state index contributed by atoms with van der Waals surface area (Å²) in [5.74, 6) is -0.548. The molecule has 0 heterocycles. The van der Waals surface area contributed by atoms with Crippen molar-refractivity contribution in [1.82, 2.24) is 0 Å². The van der Waals surface area contributed by atoms with E-state index in [9.17, 15) is 14.2 Å². The van der Waals surface area contributed by atoms with Gasteiger partial charge in [-0.25, -0.2) is 0 Å². The molecule has 7 heteroatoms. The fourth-order valence-corrected chi connectivity index (χ4v) is 5.17. The van der Waals surface area contributed by atoms with Gasteiger partial charge in [0, 0.05) is 10.6 Å². The van der Waals surface area contributed by atoms with Gasteiger partial charge in [-0.05, 0) is 51.0 Å². The molecular formula is C19H17Cl3O3P. The van der Waals surface area contributed by atoms with Gasteiger partial charge in [0.25, 0.3) is 0 Å². The van der Waals surface area contributed by atoms with Crippen molar-refractivity contribution in [1.29, 1.82) is 0 Å². The standard InChI is InChI=1S/C19H17Cl3O3P/c1-9-5-10(2)16(11(3)6-9)19(24)26(25)12(4)18(23)17-14(21)7-13(20)8-15(17)22/h5-8,12H,1-4H3. The number of halogens is 3. The predicted octanol–water partition coefficient (Wildman–Crippen LogP) is 6.81. The molecule has 0 N–H and O–H groups in total. The second-order valence-corrected chi connectivity index (χ2v) is 9.27. The van der Waals surface area contributed by atoms with Gasteiger partial charge in [0.1, 0.15) is 0 Å². The predicted molar refractivity (Wildman–Crippen MR) is 108 cm³/mol. The second-order valence-electron chi connectivity index (χ2n) is 6.19. The summed E-state index contributed by atoms with van der Waals surface area (Å²) in [4.78, 5) is 25.5. The van der Waals surface area contributed by atoms with Crippen LogP contribution in [0.5, 0.6) is 0 Å². The summed E-state index contributed by atoms with van der Waals surface area (Å²) in [6.07, 6.45) is 0. The molecule has 0 aliphatic heterocycles. The molecule has 0 bridgehead atoms. The van der Waals surface area contributed by atoms with Crippen LogP contribution < -0.4 is 0 Å². The number of aryl methyl sites for hydroxylation is 3. The molecule has 0 aromatic heterocycles. The largest absolute Gasteiger partial charge is 0.293 e. The highest BCUT2D eigenvalue weighted by atomic mass is 35.5. The highest BCUT2D eigenvalue weighted by molar-refractivity contribution is 7.66. The Bertz CT molecular complexity index is 892. The molecule has 137 valence electrons. The van der Waals surface area contributed by atoms with Gasteiger partial charge >= 0.3 is 0 Å². The average molecular weight is 431 g/mol. The highest BCUT2D eigenvalue weighted by Crippen LogP contribution is 2.39. The first kappa shape index (κ1) is 21.1. The summed E-state index contributed by atoms with van der Waals surface area (Å²) in [7, 11) is -2.51. The fraction of sp³-hybridized carbons (Fsp3) is 0.263. The maximum Gasteiger partial charge on any atom is 0.243 e. The summed E-state index contributed by atoms with van der Waals surface area (Å²) in [6, 6.07) is 6.47. The van der Waals surface area contributed by atoms with E-state index in [0.29, 0.717) is 5.56 Å². The number of hydrogen-bond donors (Lipinski definition) is 0. The Kier molecular flexibility index (Phi) is 6.63. The fourth-order valence-electron chi connectivity index (χ4n) is 2.90. The van der Waals surface area contributed by atoms with E-state index < -0.39 is 24.8 Å². The zero-order valence-electron chi connectivity index (χ0n) is 14.7. The van der Waals surface area contributed by atoms with Crippen molar-refractivity contribution >= 4 is 53.9 Å². The van der Waals surface area contributed by atoms with Crippen LogP contribution in [0, 0.1) is 20.8 Å². The SMILES string of the molecule is Cc1cc(C)c(C(=O)[P](=O)C(C)C(=O)c2c(Cl)cc(Cl)cc2Cl)c(C)c1. The Morgan fingerprint density at radius 1 is 0.885 bits per heavy atom. The normalized spacial score (nSPS) is 12.7. The first-order chi connectivity index (χ1) is 12.0. The van der Waals surface area contributed by atoms with E-state index >= 15 is 0 Å². The van der Waals surface area contributed by atoms with E-state index in [-0.39, 0.29) is 20.6 Å². The third-order valence-electron chi connectivity index (χ3n) is 4.08. The van der Waals surface area contributed by atoms with Gasteiger partial charge in [-0.2, -0.15) is 0 Å². The first-order valence-electron chi connectivity index (χ1n) is 7.82. The molecule has 0 fully saturated rings. The molecule has 1 radical (unpaired) electrons. The molecule has 2 aromatic carbocycles. The van der Waals surface area contributed by atoms with Crippen molar-refractivity contribution in [3.8, 4) is 0 Å². The zero-order chi connectivity index (χ0) is 19.8. The molecule has 2 unspecified atom stereocenters. The molecule has 0 saturated heterocycles. The number of hydrogen-bond acceptors (Lipinski definition) is 3. The summed E-state index contributed by atoms with van der Waals surface area (Å²) < 4.78 is 12.8. The van der Waals surface area contributed by atoms with Gasteiger partial charge in [-0.15, -0.1) is 0 Å². The lowest BCUT2D eigenvalue weighted by atomic mass is 10.0. The Hall–Kier alpha value is -1.25. The maximum absolute atomic E-state index is 12.8. The second kappa shape index (κ2) is 8.19. The number of benzene rings is 2. The lowest BCUT2D eigenvalue weighted by molar-refractivity contribution is 0.0982. The van der Waals surface area contributed by atoms with Gasteiger partial charge in [0.2, 0.25) is 5.52 Å².